The smallest absolute Gasteiger partial charge is 0.0527 e. The van der Waals surface area contributed by atoms with Crippen LogP contribution in [0.2, 0.25) is 0 Å². The van der Waals surface area contributed by atoms with E-state index < -0.39 is 0 Å². The Bertz CT molecular complexity index is 172. The third-order valence-corrected chi connectivity index (χ3v) is 3.74. The van der Waals surface area contributed by atoms with Gasteiger partial charge in [-0.05, 0) is 39.3 Å². The summed E-state index contributed by atoms with van der Waals surface area (Å²) in [4.78, 5) is 2.41. The van der Waals surface area contributed by atoms with Gasteiger partial charge in [-0.3, -0.25) is 0 Å². The number of rotatable bonds is 10. The van der Waals surface area contributed by atoms with E-state index in [4.69, 9.17) is 11.6 Å². The number of nitrogens with zero attached hydrogens (tertiary/aromatic N) is 1. The van der Waals surface area contributed by atoms with Crippen LogP contribution in [0.15, 0.2) is 0 Å². The Balaban J connectivity index is 4.25. The average molecular weight is 264 g/mol. The number of halogens is 1. The van der Waals surface area contributed by atoms with E-state index in [1.54, 1.807) is 0 Å². The van der Waals surface area contributed by atoms with E-state index in [-0.39, 0.29) is 11.5 Å². The lowest BCUT2D eigenvalue weighted by molar-refractivity contribution is 0.112. The predicted octanol–water partition coefficient (Wildman–Crippen LogP) is 3.66. The lowest BCUT2D eigenvalue weighted by Crippen LogP contribution is -2.38. The van der Waals surface area contributed by atoms with Crippen LogP contribution in [0.4, 0.5) is 0 Å². The van der Waals surface area contributed by atoms with Crippen molar-refractivity contribution < 1.29 is 5.11 Å². The van der Waals surface area contributed by atoms with Gasteiger partial charge in [0, 0.05) is 11.4 Å². The molecule has 0 aromatic carbocycles. The maximum atomic E-state index is 9.58. The highest BCUT2D eigenvalue weighted by atomic mass is 35.5. The first-order valence-corrected chi connectivity index (χ1v) is 7.54. The number of aliphatic hydroxyl groups is 1. The standard InChI is InChI=1S/C14H30ClNO/c1-5-8-9-13(15)11-14(10-12(4)17)16(6-2)7-3/h12-14,17H,5-11H2,1-4H3. The van der Waals surface area contributed by atoms with Crippen LogP contribution in [-0.2, 0) is 0 Å². The summed E-state index contributed by atoms with van der Waals surface area (Å²) in [5.74, 6) is 0. The Morgan fingerprint density at radius 1 is 1.12 bits per heavy atom. The molecule has 0 amide bonds. The van der Waals surface area contributed by atoms with Crippen molar-refractivity contribution in [3.05, 3.63) is 0 Å². The molecule has 0 radical (unpaired) electrons. The number of hydrogen-bond donors (Lipinski definition) is 1. The largest absolute Gasteiger partial charge is 0.393 e. The molecule has 3 unspecified atom stereocenters. The van der Waals surface area contributed by atoms with Crippen LogP contribution in [0.5, 0.6) is 0 Å². The van der Waals surface area contributed by atoms with E-state index in [1.807, 2.05) is 6.92 Å². The van der Waals surface area contributed by atoms with Crippen LogP contribution < -0.4 is 0 Å². The zero-order valence-electron chi connectivity index (χ0n) is 12.0. The summed E-state index contributed by atoms with van der Waals surface area (Å²) in [6, 6.07) is 0.421. The van der Waals surface area contributed by atoms with E-state index in [0.29, 0.717) is 6.04 Å². The molecule has 17 heavy (non-hydrogen) atoms. The Kier molecular flexibility index (Phi) is 10.3. The predicted molar refractivity (Wildman–Crippen MR) is 76.8 cm³/mol. The quantitative estimate of drug-likeness (QED) is 0.608. The van der Waals surface area contributed by atoms with Crippen molar-refractivity contribution in [2.75, 3.05) is 13.1 Å². The van der Waals surface area contributed by atoms with Gasteiger partial charge >= 0.3 is 0 Å². The molecule has 0 fully saturated rings. The molecule has 0 aromatic heterocycles. The second-order valence-electron chi connectivity index (χ2n) is 4.93. The lowest BCUT2D eigenvalue weighted by Gasteiger charge is -2.32. The zero-order valence-corrected chi connectivity index (χ0v) is 12.7. The third kappa shape index (κ3) is 8.01. The molecule has 2 nitrogen and oxygen atoms in total. The molecule has 0 saturated heterocycles. The van der Waals surface area contributed by atoms with Crippen LogP contribution in [0, 0.1) is 0 Å². The van der Waals surface area contributed by atoms with E-state index in [1.165, 1.54) is 12.8 Å². The average Bonchev–Trinajstić information content (AvgIpc) is 2.27. The summed E-state index contributed by atoms with van der Waals surface area (Å²) in [5, 5.41) is 9.83. The van der Waals surface area contributed by atoms with Gasteiger partial charge in [-0.2, -0.15) is 0 Å². The maximum absolute atomic E-state index is 9.58. The number of aliphatic hydroxyl groups excluding tert-OH is 1. The molecule has 0 heterocycles. The minimum absolute atomic E-state index is 0.240. The van der Waals surface area contributed by atoms with Crippen molar-refractivity contribution in [3.8, 4) is 0 Å². The van der Waals surface area contributed by atoms with Gasteiger partial charge < -0.3 is 10.0 Å². The minimum atomic E-state index is -0.240. The number of unbranched alkanes of at least 4 members (excludes halogenated alkanes) is 1. The van der Waals surface area contributed by atoms with Gasteiger partial charge in [0.05, 0.1) is 6.10 Å². The molecular formula is C14H30ClNO. The molecule has 0 aliphatic carbocycles. The second kappa shape index (κ2) is 10.2. The van der Waals surface area contributed by atoms with Crippen LogP contribution in [0.25, 0.3) is 0 Å². The summed E-state index contributed by atoms with van der Waals surface area (Å²) in [6.07, 6.45) is 5.08. The molecule has 0 aliphatic heterocycles. The molecule has 0 aromatic rings. The van der Waals surface area contributed by atoms with Gasteiger partial charge in [-0.25, -0.2) is 0 Å². The molecular weight excluding hydrogens is 234 g/mol. The van der Waals surface area contributed by atoms with Gasteiger partial charge in [0.25, 0.3) is 0 Å². The summed E-state index contributed by atoms with van der Waals surface area (Å²) in [7, 11) is 0. The van der Waals surface area contributed by atoms with Gasteiger partial charge in [-0.15, -0.1) is 11.6 Å². The van der Waals surface area contributed by atoms with Gasteiger partial charge in [0.1, 0.15) is 0 Å². The molecule has 0 aliphatic rings. The van der Waals surface area contributed by atoms with E-state index >= 15 is 0 Å². The third-order valence-electron chi connectivity index (χ3n) is 3.34. The zero-order chi connectivity index (χ0) is 13.3. The van der Waals surface area contributed by atoms with Crippen LogP contribution in [-0.4, -0.2) is 40.6 Å². The van der Waals surface area contributed by atoms with Gasteiger partial charge in [0.2, 0.25) is 0 Å². The summed E-state index contributed by atoms with van der Waals surface area (Å²) in [6.45, 7) is 10.5. The molecule has 0 saturated carbocycles. The summed E-state index contributed by atoms with van der Waals surface area (Å²) < 4.78 is 0. The highest BCUT2D eigenvalue weighted by molar-refractivity contribution is 6.20. The minimum Gasteiger partial charge on any atom is -0.393 e. The van der Waals surface area contributed by atoms with Crippen molar-refractivity contribution in [2.24, 2.45) is 0 Å². The topological polar surface area (TPSA) is 23.5 Å². The molecule has 0 bridgehead atoms. The van der Waals surface area contributed by atoms with Crippen LogP contribution in [0.3, 0.4) is 0 Å². The molecule has 3 heteroatoms. The highest BCUT2D eigenvalue weighted by Crippen LogP contribution is 2.20. The fraction of sp³-hybridized carbons (Fsp3) is 1.00. The normalized spacial score (nSPS) is 17.1. The Morgan fingerprint density at radius 2 is 1.71 bits per heavy atom. The Morgan fingerprint density at radius 3 is 2.12 bits per heavy atom. The SMILES string of the molecule is CCCCC(Cl)CC(CC(C)O)N(CC)CC. The van der Waals surface area contributed by atoms with Crippen molar-refractivity contribution in [2.45, 2.75) is 77.3 Å². The van der Waals surface area contributed by atoms with Gasteiger partial charge in [0.15, 0.2) is 0 Å². The number of hydrogen-bond acceptors (Lipinski definition) is 2. The van der Waals surface area contributed by atoms with E-state index in [0.717, 1.165) is 32.4 Å². The summed E-state index contributed by atoms with van der Waals surface area (Å²) in [5.41, 5.74) is 0. The fourth-order valence-corrected chi connectivity index (χ4v) is 2.73. The van der Waals surface area contributed by atoms with Crippen molar-refractivity contribution in [3.63, 3.8) is 0 Å². The first-order valence-electron chi connectivity index (χ1n) is 7.11. The molecule has 104 valence electrons. The lowest BCUT2D eigenvalue weighted by atomic mass is 10.00. The molecule has 3 atom stereocenters. The second-order valence-corrected chi connectivity index (χ2v) is 5.55. The van der Waals surface area contributed by atoms with Crippen molar-refractivity contribution in [1.82, 2.24) is 4.90 Å². The fourth-order valence-electron chi connectivity index (χ4n) is 2.37. The highest BCUT2D eigenvalue weighted by Gasteiger charge is 2.21. The summed E-state index contributed by atoms with van der Waals surface area (Å²) >= 11 is 6.39. The monoisotopic (exact) mass is 263 g/mol. The molecule has 1 N–H and O–H groups in total. The van der Waals surface area contributed by atoms with Crippen molar-refractivity contribution >= 4 is 11.6 Å². The van der Waals surface area contributed by atoms with Crippen LogP contribution in [0.1, 0.15) is 59.8 Å². The Hall–Kier alpha value is 0.210. The number of alkyl halides is 1. The molecule has 0 spiro atoms. The van der Waals surface area contributed by atoms with E-state index in [2.05, 4.69) is 25.7 Å². The van der Waals surface area contributed by atoms with Gasteiger partial charge in [-0.1, -0.05) is 33.6 Å². The van der Waals surface area contributed by atoms with Crippen molar-refractivity contribution in [1.29, 1.82) is 0 Å². The maximum Gasteiger partial charge on any atom is 0.0527 e. The van der Waals surface area contributed by atoms with E-state index in [9.17, 15) is 5.11 Å². The Labute approximate surface area is 112 Å². The first kappa shape index (κ1) is 17.2. The van der Waals surface area contributed by atoms with Crippen LogP contribution >= 0.6 is 11.6 Å². The first-order chi connectivity index (χ1) is 8.04. The molecule has 0 rings (SSSR count).